The second-order valence-electron chi connectivity index (χ2n) is 8.90. The van der Waals surface area contributed by atoms with Crippen molar-refractivity contribution in [3.63, 3.8) is 0 Å². The zero-order chi connectivity index (χ0) is 24.7. The Morgan fingerprint density at radius 3 is 2.77 bits per heavy atom. The summed E-state index contributed by atoms with van der Waals surface area (Å²) < 4.78 is 27.0. The third-order valence-electron chi connectivity index (χ3n) is 6.14. The van der Waals surface area contributed by atoms with E-state index >= 15 is 0 Å². The highest BCUT2D eigenvalue weighted by Crippen LogP contribution is 2.28. The fourth-order valence-electron chi connectivity index (χ4n) is 4.45. The van der Waals surface area contributed by atoms with Crippen molar-refractivity contribution in [2.75, 3.05) is 18.4 Å². The minimum Gasteiger partial charge on any atom is -0.385 e. The first kappa shape index (κ1) is 22.7. The summed E-state index contributed by atoms with van der Waals surface area (Å²) in [4.78, 5) is 25.5. The number of Topliss-reactive ketones (excluding diaryl/α,β-unsaturated/α-hetero) is 1. The summed E-state index contributed by atoms with van der Waals surface area (Å²) >= 11 is 0. The Morgan fingerprint density at radius 1 is 1.23 bits per heavy atom. The molecular weight excluding hydrogens is 452 g/mol. The van der Waals surface area contributed by atoms with Crippen LogP contribution in [-0.4, -0.2) is 50.9 Å². The van der Waals surface area contributed by atoms with Crippen LogP contribution in [0.3, 0.4) is 0 Å². The number of alkyl halides is 2. The van der Waals surface area contributed by atoms with Crippen molar-refractivity contribution < 1.29 is 13.6 Å². The number of imidazole rings is 1. The minimum atomic E-state index is -2.63. The number of nitrogens with two attached hydrogens (primary N) is 1. The van der Waals surface area contributed by atoms with Crippen molar-refractivity contribution in [2.24, 2.45) is 5.73 Å². The number of nitrogens with one attached hydrogen (secondary N) is 4. The smallest absolute Gasteiger partial charge is 0.261 e. The first-order valence-electron chi connectivity index (χ1n) is 11.2. The Hall–Kier alpha value is -4.05. The van der Waals surface area contributed by atoms with Gasteiger partial charge in [-0.25, -0.2) is 13.8 Å². The molecule has 6 N–H and O–H groups in total. The van der Waals surface area contributed by atoms with Gasteiger partial charge in [-0.3, -0.25) is 9.69 Å². The van der Waals surface area contributed by atoms with E-state index in [0.717, 1.165) is 39.5 Å². The molecule has 3 heterocycles. The molecule has 1 aliphatic heterocycles. The molecule has 0 bridgehead atoms. The fourth-order valence-corrected chi connectivity index (χ4v) is 4.45. The van der Waals surface area contributed by atoms with E-state index in [4.69, 9.17) is 11.1 Å². The SMILES string of the molecule is Cc1nc2cc(N/C(N)=C(\C=N)C(=O)c3cc4cc(CN5CCC(F)(F)C5)ccc4[nH]3)ccc2[nH]1. The molecule has 5 rings (SSSR count). The Balaban J connectivity index is 1.36. The summed E-state index contributed by atoms with van der Waals surface area (Å²) in [7, 11) is 0. The molecule has 2 aromatic heterocycles. The van der Waals surface area contributed by atoms with Crippen LogP contribution in [0.15, 0.2) is 53.9 Å². The summed E-state index contributed by atoms with van der Waals surface area (Å²) in [5.74, 6) is -2.23. The largest absolute Gasteiger partial charge is 0.385 e. The Kier molecular flexibility index (Phi) is 5.60. The lowest BCUT2D eigenvalue weighted by atomic mass is 10.1. The summed E-state index contributed by atoms with van der Waals surface area (Å²) in [6, 6.07) is 12.7. The molecule has 0 amide bonds. The highest BCUT2D eigenvalue weighted by molar-refractivity contribution is 6.21. The van der Waals surface area contributed by atoms with Crippen LogP contribution in [0.4, 0.5) is 14.5 Å². The van der Waals surface area contributed by atoms with E-state index < -0.39 is 11.7 Å². The van der Waals surface area contributed by atoms with Gasteiger partial charge in [0.05, 0.1) is 28.8 Å². The van der Waals surface area contributed by atoms with E-state index in [1.54, 1.807) is 23.1 Å². The van der Waals surface area contributed by atoms with E-state index in [2.05, 4.69) is 20.3 Å². The maximum Gasteiger partial charge on any atom is 0.261 e. The highest BCUT2D eigenvalue weighted by Gasteiger charge is 2.37. The van der Waals surface area contributed by atoms with Crippen LogP contribution in [0.25, 0.3) is 21.9 Å². The van der Waals surface area contributed by atoms with Crippen molar-refractivity contribution in [3.05, 3.63) is 70.9 Å². The quantitative estimate of drug-likeness (QED) is 0.154. The van der Waals surface area contributed by atoms with Gasteiger partial charge in [0.1, 0.15) is 11.6 Å². The van der Waals surface area contributed by atoms with Gasteiger partial charge in [0, 0.05) is 42.3 Å². The number of carbonyl (C=O) groups excluding carboxylic acids is 1. The summed E-state index contributed by atoms with van der Waals surface area (Å²) in [5, 5.41) is 11.5. The molecular formula is C25H25F2N7O. The molecule has 0 atom stereocenters. The molecule has 0 spiro atoms. The lowest BCUT2D eigenvalue weighted by Gasteiger charge is -2.15. The fraction of sp³-hybridized carbons (Fsp3) is 0.240. The van der Waals surface area contributed by atoms with E-state index in [9.17, 15) is 13.6 Å². The van der Waals surface area contributed by atoms with E-state index in [-0.39, 0.29) is 30.1 Å². The van der Waals surface area contributed by atoms with Crippen molar-refractivity contribution >= 4 is 39.6 Å². The molecule has 35 heavy (non-hydrogen) atoms. The van der Waals surface area contributed by atoms with Crippen molar-refractivity contribution in [2.45, 2.75) is 25.8 Å². The standard InChI is InChI=1S/C25H25F2N7O/c1-14-30-20-5-3-17(10-21(20)31-14)32-24(29)18(11-28)23(35)22-9-16-8-15(2-4-19(16)33-22)12-34-7-6-25(26,27)13-34/h2-5,8-11,28,32-33H,6-7,12-13,29H2,1H3,(H,30,31)/b24-18+,28-11?. The molecule has 8 nitrogen and oxygen atoms in total. The number of nitrogens with zero attached hydrogens (tertiary/aromatic N) is 2. The van der Waals surface area contributed by atoms with Gasteiger partial charge in [0.2, 0.25) is 5.78 Å². The van der Waals surface area contributed by atoms with E-state index in [0.29, 0.717) is 18.8 Å². The van der Waals surface area contributed by atoms with Gasteiger partial charge in [-0.15, -0.1) is 0 Å². The first-order valence-corrected chi connectivity index (χ1v) is 11.2. The zero-order valence-electron chi connectivity index (χ0n) is 19.1. The molecule has 180 valence electrons. The number of likely N-dealkylation sites (tertiary alicyclic amines) is 1. The summed E-state index contributed by atoms with van der Waals surface area (Å²) in [6.07, 6.45) is 0.799. The molecule has 1 saturated heterocycles. The maximum atomic E-state index is 13.5. The van der Waals surface area contributed by atoms with Gasteiger partial charge in [0.25, 0.3) is 5.92 Å². The number of aromatic nitrogens is 3. The number of allylic oxidation sites excluding steroid dienone is 1. The van der Waals surface area contributed by atoms with Gasteiger partial charge in [-0.05, 0) is 48.9 Å². The molecule has 4 aromatic rings. The number of fused-ring (bicyclic) bond motifs is 2. The average molecular weight is 478 g/mol. The van der Waals surface area contributed by atoms with Gasteiger partial charge < -0.3 is 26.4 Å². The third-order valence-corrected chi connectivity index (χ3v) is 6.14. The Labute approximate surface area is 199 Å². The Bertz CT molecular complexity index is 1480. The van der Waals surface area contributed by atoms with Crippen LogP contribution in [-0.2, 0) is 6.54 Å². The van der Waals surface area contributed by atoms with Crippen LogP contribution in [0.1, 0.15) is 28.3 Å². The summed E-state index contributed by atoms with van der Waals surface area (Å²) in [5.41, 5.74) is 10.4. The normalized spacial score (nSPS) is 16.5. The van der Waals surface area contributed by atoms with Gasteiger partial charge in [-0.1, -0.05) is 6.07 Å². The van der Waals surface area contributed by atoms with Crippen molar-refractivity contribution in [3.8, 4) is 0 Å². The number of rotatable bonds is 7. The van der Waals surface area contributed by atoms with E-state index in [1.165, 1.54) is 0 Å². The number of aromatic amines is 2. The zero-order valence-corrected chi connectivity index (χ0v) is 19.1. The molecule has 0 saturated carbocycles. The first-order chi connectivity index (χ1) is 16.7. The van der Waals surface area contributed by atoms with Crippen LogP contribution in [0.5, 0.6) is 0 Å². The van der Waals surface area contributed by atoms with E-state index in [1.807, 2.05) is 31.2 Å². The number of H-pyrrole nitrogens is 2. The molecule has 0 aliphatic carbocycles. The highest BCUT2D eigenvalue weighted by atomic mass is 19.3. The molecule has 1 aliphatic rings. The van der Waals surface area contributed by atoms with Gasteiger partial charge >= 0.3 is 0 Å². The minimum absolute atomic E-state index is 0.00869. The van der Waals surface area contributed by atoms with Crippen LogP contribution >= 0.6 is 0 Å². The molecule has 2 aromatic carbocycles. The molecule has 1 fully saturated rings. The topological polar surface area (TPSA) is 127 Å². The second-order valence-corrected chi connectivity index (χ2v) is 8.90. The predicted molar refractivity (Wildman–Crippen MR) is 132 cm³/mol. The Morgan fingerprint density at radius 2 is 2.03 bits per heavy atom. The molecule has 10 heteroatoms. The number of aryl methyl sites for hydroxylation is 1. The number of hydrogen-bond donors (Lipinski definition) is 5. The number of hydrogen-bond acceptors (Lipinski definition) is 6. The van der Waals surface area contributed by atoms with Gasteiger partial charge in [-0.2, -0.15) is 0 Å². The third kappa shape index (κ3) is 4.65. The van der Waals surface area contributed by atoms with Crippen LogP contribution in [0.2, 0.25) is 0 Å². The van der Waals surface area contributed by atoms with Gasteiger partial charge in [0.15, 0.2) is 0 Å². The molecule has 0 unspecified atom stereocenters. The average Bonchev–Trinajstić information content (AvgIpc) is 3.48. The molecule has 0 radical (unpaired) electrons. The maximum absolute atomic E-state index is 13.5. The van der Waals surface area contributed by atoms with Crippen molar-refractivity contribution in [1.82, 2.24) is 19.9 Å². The number of carbonyl (C=O) groups is 1. The number of ketones is 1. The number of benzene rings is 2. The lowest BCUT2D eigenvalue weighted by molar-refractivity contribution is 0.0115. The second kappa shape index (κ2) is 8.62. The lowest BCUT2D eigenvalue weighted by Crippen LogP contribution is -2.24. The predicted octanol–water partition coefficient (Wildman–Crippen LogP) is 4.31. The monoisotopic (exact) mass is 477 g/mol. The van der Waals surface area contributed by atoms with Crippen molar-refractivity contribution in [1.29, 1.82) is 5.41 Å². The van der Waals surface area contributed by atoms with Crippen LogP contribution < -0.4 is 11.1 Å². The number of halogens is 2. The summed E-state index contributed by atoms with van der Waals surface area (Å²) in [6.45, 7) is 2.40. The van der Waals surface area contributed by atoms with Crippen LogP contribution in [0, 0.1) is 12.3 Å². The number of anilines is 1.